The molecule has 3 N–H and O–H groups in total. The van der Waals surface area contributed by atoms with Crippen LogP contribution >= 0.6 is 11.3 Å². The summed E-state index contributed by atoms with van der Waals surface area (Å²) in [5, 5.41) is 18.0. The Morgan fingerprint density at radius 3 is 2.87 bits per heavy atom. The van der Waals surface area contributed by atoms with Crippen LogP contribution in [0.3, 0.4) is 0 Å². The van der Waals surface area contributed by atoms with Gasteiger partial charge in [0.1, 0.15) is 18.4 Å². The van der Waals surface area contributed by atoms with Crippen molar-refractivity contribution in [2.45, 2.75) is 12.6 Å². The topological polar surface area (TPSA) is 105 Å². The Morgan fingerprint density at radius 1 is 1.17 bits per heavy atom. The fraction of sp³-hybridized carbons (Fsp3) is 0.238. The van der Waals surface area contributed by atoms with Gasteiger partial charge in [-0.2, -0.15) is 0 Å². The highest BCUT2D eigenvalue weighted by Gasteiger charge is 2.12. The summed E-state index contributed by atoms with van der Waals surface area (Å²) in [6, 6.07) is 9.76. The molecule has 0 aliphatic carbocycles. The Morgan fingerprint density at radius 2 is 2.07 bits per heavy atom. The number of pyridine rings is 1. The minimum atomic E-state index is -0.728. The van der Waals surface area contributed by atoms with E-state index in [0.29, 0.717) is 11.7 Å². The quantitative estimate of drug-likeness (QED) is 0.372. The van der Waals surface area contributed by atoms with E-state index in [4.69, 9.17) is 4.74 Å². The molecule has 0 bridgehead atoms. The van der Waals surface area contributed by atoms with Gasteiger partial charge in [0, 0.05) is 29.8 Å². The second-order valence-electron chi connectivity index (χ2n) is 6.56. The van der Waals surface area contributed by atoms with Crippen molar-refractivity contribution in [2.75, 3.05) is 26.0 Å². The van der Waals surface area contributed by atoms with Gasteiger partial charge in [-0.15, -0.1) is 0 Å². The molecule has 0 saturated carbocycles. The van der Waals surface area contributed by atoms with Crippen LogP contribution in [0.4, 0.5) is 5.82 Å². The maximum absolute atomic E-state index is 10.2. The summed E-state index contributed by atoms with van der Waals surface area (Å²) in [7, 11) is 3.32. The van der Waals surface area contributed by atoms with E-state index in [9.17, 15) is 5.11 Å². The lowest BCUT2D eigenvalue weighted by atomic mass is 10.0. The molecule has 8 nitrogen and oxygen atoms in total. The highest BCUT2D eigenvalue weighted by Crippen LogP contribution is 2.29. The van der Waals surface area contributed by atoms with Crippen molar-refractivity contribution in [3.63, 3.8) is 0 Å². The van der Waals surface area contributed by atoms with Crippen molar-refractivity contribution in [2.24, 2.45) is 0 Å². The molecular weight excluding hydrogens is 400 g/mol. The third-order valence-corrected chi connectivity index (χ3v) is 5.72. The molecule has 0 saturated heterocycles. The summed E-state index contributed by atoms with van der Waals surface area (Å²) in [4.78, 5) is 18.3. The number of para-hydroxylation sites is 1. The zero-order valence-electron chi connectivity index (χ0n) is 16.7. The molecule has 0 aliphatic rings. The fourth-order valence-corrected chi connectivity index (χ4v) is 3.94. The van der Waals surface area contributed by atoms with E-state index < -0.39 is 6.23 Å². The SMILES string of the molecule is CNC(O)c1ccnc2c(CCNc3cc(-c4cnc(OC)s4)ncn3)cccc12. The van der Waals surface area contributed by atoms with Gasteiger partial charge in [0.05, 0.1) is 29.4 Å². The van der Waals surface area contributed by atoms with Crippen molar-refractivity contribution < 1.29 is 9.84 Å². The van der Waals surface area contributed by atoms with E-state index in [1.165, 1.54) is 17.7 Å². The Kier molecular flexibility index (Phi) is 6.12. The average Bonchev–Trinajstić information content (AvgIpc) is 3.28. The number of nitrogens with zero attached hydrogens (tertiary/aromatic N) is 4. The Balaban J connectivity index is 1.48. The van der Waals surface area contributed by atoms with Crippen LogP contribution in [0.25, 0.3) is 21.5 Å². The molecule has 0 amide bonds. The number of thiazole rings is 1. The van der Waals surface area contributed by atoms with E-state index >= 15 is 0 Å². The first-order valence-corrected chi connectivity index (χ1v) is 10.3. The third kappa shape index (κ3) is 4.23. The summed E-state index contributed by atoms with van der Waals surface area (Å²) in [6.07, 6.45) is 5.05. The van der Waals surface area contributed by atoms with Crippen molar-refractivity contribution in [3.05, 3.63) is 60.2 Å². The number of ether oxygens (including phenoxy) is 1. The zero-order valence-corrected chi connectivity index (χ0v) is 17.5. The molecule has 154 valence electrons. The highest BCUT2D eigenvalue weighted by molar-refractivity contribution is 7.16. The van der Waals surface area contributed by atoms with Gasteiger partial charge in [0.25, 0.3) is 5.19 Å². The van der Waals surface area contributed by atoms with Crippen LogP contribution in [-0.4, -0.2) is 45.7 Å². The molecule has 3 aromatic heterocycles. The number of fused-ring (bicyclic) bond motifs is 1. The van der Waals surface area contributed by atoms with Crippen LogP contribution in [0.2, 0.25) is 0 Å². The van der Waals surface area contributed by atoms with Crippen LogP contribution in [0.15, 0.2) is 49.1 Å². The number of hydrogen-bond acceptors (Lipinski definition) is 9. The summed E-state index contributed by atoms with van der Waals surface area (Å²) in [5.41, 5.74) is 3.61. The van der Waals surface area contributed by atoms with Gasteiger partial charge in [-0.1, -0.05) is 29.5 Å². The van der Waals surface area contributed by atoms with E-state index in [-0.39, 0.29) is 0 Å². The number of aliphatic hydroxyl groups is 1. The van der Waals surface area contributed by atoms with Crippen LogP contribution < -0.4 is 15.4 Å². The second-order valence-corrected chi connectivity index (χ2v) is 7.56. The first-order chi connectivity index (χ1) is 14.7. The van der Waals surface area contributed by atoms with Crippen LogP contribution in [0.5, 0.6) is 5.19 Å². The standard InChI is InChI=1S/C21H22N6O2S/c1-22-20(28)15-7-9-24-19-13(4-3-5-14(15)19)6-8-23-18-10-16(26-12-27-18)17-11-25-21(29-2)30-17/h3-5,7,9-12,20,22,28H,6,8H2,1-2H3,(H,23,26,27). The van der Waals surface area contributed by atoms with E-state index in [0.717, 1.165) is 44.8 Å². The molecule has 0 aliphatic heterocycles. The smallest absolute Gasteiger partial charge is 0.273 e. The number of anilines is 1. The Bertz CT molecular complexity index is 1150. The molecule has 1 aromatic carbocycles. The fourth-order valence-electron chi connectivity index (χ4n) is 3.24. The summed E-state index contributed by atoms with van der Waals surface area (Å²) in [5.74, 6) is 0.742. The first-order valence-electron chi connectivity index (χ1n) is 9.47. The average molecular weight is 423 g/mol. The number of methoxy groups -OCH3 is 1. The molecule has 3 heterocycles. The lowest BCUT2D eigenvalue weighted by molar-refractivity contribution is 0.151. The minimum absolute atomic E-state index is 0.601. The van der Waals surface area contributed by atoms with Crippen molar-refractivity contribution in [1.82, 2.24) is 25.3 Å². The molecule has 0 radical (unpaired) electrons. The summed E-state index contributed by atoms with van der Waals surface area (Å²) < 4.78 is 5.15. The Hall–Kier alpha value is -3.14. The summed E-state index contributed by atoms with van der Waals surface area (Å²) >= 11 is 1.44. The number of hydrogen-bond donors (Lipinski definition) is 3. The number of aromatic nitrogens is 4. The monoisotopic (exact) mass is 422 g/mol. The van der Waals surface area contributed by atoms with Crippen LogP contribution in [0, 0.1) is 0 Å². The minimum Gasteiger partial charge on any atom is -0.473 e. The van der Waals surface area contributed by atoms with Gasteiger partial charge >= 0.3 is 0 Å². The lowest BCUT2D eigenvalue weighted by Gasteiger charge is -2.14. The van der Waals surface area contributed by atoms with Crippen molar-refractivity contribution >= 4 is 28.1 Å². The van der Waals surface area contributed by atoms with Gasteiger partial charge in [-0.05, 0) is 25.1 Å². The molecular formula is C21H22N6O2S. The molecule has 1 atom stereocenters. The first kappa shape index (κ1) is 20.1. The molecule has 30 heavy (non-hydrogen) atoms. The van der Waals surface area contributed by atoms with Gasteiger partial charge in [-0.3, -0.25) is 10.3 Å². The van der Waals surface area contributed by atoms with E-state index in [1.54, 1.807) is 26.6 Å². The van der Waals surface area contributed by atoms with Crippen molar-refractivity contribution in [3.8, 4) is 15.8 Å². The largest absolute Gasteiger partial charge is 0.473 e. The van der Waals surface area contributed by atoms with Gasteiger partial charge in [0.2, 0.25) is 0 Å². The number of nitrogens with one attached hydrogen (secondary N) is 2. The lowest BCUT2D eigenvalue weighted by Crippen LogP contribution is -2.16. The molecule has 4 aromatic rings. The van der Waals surface area contributed by atoms with Gasteiger partial charge in [-0.25, -0.2) is 15.0 Å². The third-order valence-electron chi connectivity index (χ3n) is 4.74. The molecule has 1 unspecified atom stereocenters. The maximum Gasteiger partial charge on any atom is 0.273 e. The highest BCUT2D eigenvalue weighted by atomic mass is 32.1. The van der Waals surface area contributed by atoms with E-state index in [1.807, 2.05) is 24.3 Å². The number of aliphatic hydroxyl groups excluding tert-OH is 1. The number of rotatable bonds is 8. The zero-order chi connectivity index (χ0) is 20.9. The van der Waals surface area contributed by atoms with Crippen molar-refractivity contribution in [1.29, 1.82) is 0 Å². The predicted molar refractivity (Wildman–Crippen MR) is 118 cm³/mol. The van der Waals surface area contributed by atoms with E-state index in [2.05, 4.69) is 36.6 Å². The summed E-state index contributed by atoms with van der Waals surface area (Å²) in [6.45, 7) is 0.683. The molecule has 9 heteroatoms. The van der Waals surface area contributed by atoms with Crippen LogP contribution in [-0.2, 0) is 6.42 Å². The van der Waals surface area contributed by atoms with Gasteiger partial charge in [0.15, 0.2) is 0 Å². The maximum atomic E-state index is 10.2. The molecule has 0 spiro atoms. The van der Waals surface area contributed by atoms with Gasteiger partial charge < -0.3 is 15.2 Å². The normalized spacial score (nSPS) is 12.1. The molecule has 4 rings (SSSR count). The molecule has 0 fully saturated rings. The van der Waals surface area contributed by atoms with Crippen LogP contribution in [0.1, 0.15) is 17.4 Å². The number of benzene rings is 1. The second kappa shape index (κ2) is 9.12. The predicted octanol–water partition coefficient (Wildman–Crippen LogP) is 3.02. The Labute approximate surface area is 178 Å².